The number of ether oxygens (including phenoxy) is 2. The Morgan fingerprint density at radius 2 is 1.74 bits per heavy atom. The maximum Gasteiger partial charge on any atom is 0.303 e. The standard InChI is InChI=1S/C21H24O5S/c1-16(22)26-21(17-9-4-2-5-10-17)20(15-18-11-8-14-25-18)27(23,24)19-12-6-3-7-13-19/h2-7,9-10,12-13,18,20-21H,8,11,14-15H2,1H3. The van der Waals surface area contributed by atoms with E-state index in [0.29, 0.717) is 12.2 Å². The molecule has 1 fully saturated rings. The zero-order chi connectivity index (χ0) is 19.3. The van der Waals surface area contributed by atoms with Crippen LogP contribution in [0.1, 0.15) is 37.9 Å². The second-order valence-electron chi connectivity index (χ2n) is 6.71. The monoisotopic (exact) mass is 388 g/mol. The van der Waals surface area contributed by atoms with Gasteiger partial charge in [0.15, 0.2) is 9.84 Å². The Balaban J connectivity index is 2.04. The van der Waals surface area contributed by atoms with Gasteiger partial charge in [-0.15, -0.1) is 0 Å². The fourth-order valence-corrected chi connectivity index (χ4v) is 5.36. The zero-order valence-corrected chi connectivity index (χ0v) is 16.1. The largest absolute Gasteiger partial charge is 0.456 e. The van der Waals surface area contributed by atoms with Crippen LogP contribution in [0.3, 0.4) is 0 Å². The summed E-state index contributed by atoms with van der Waals surface area (Å²) in [7, 11) is -3.74. The third-order valence-corrected chi connectivity index (χ3v) is 6.91. The fourth-order valence-electron chi connectivity index (χ4n) is 3.47. The molecule has 2 aromatic rings. The number of carbonyl (C=O) groups excluding carboxylic acids is 1. The van der Waals surface area contributed by atoms with Crippen molar-refractivity contribution in [1.82, 2.24) is 0 Å². The van der Waals surface area contributed by atoms with Crippen molar-refractivity contribution in [1.29, 1.82) is 0 Å². The minimum atomic E-state index is -3.74. The first kappa shape index (κ1) is 19.6. The number of rotatable bonds is 7. The summed E-state index contributed by atoms with van der Waals surface area (Å²) in [6.07, 6.45) is 0.951. The first-order valence-corrected chi connectivity index (χ1v) is 10.7. The normalized spacial score (nSPS) is 19.4. The molecule has 5 nitrogen and oxygen atoms in total. The molecule has 3 atom stereocenters. The van der Waals surface area contributed by atoms with E-state index >= 15 is 0 Å². The molecule has 0 aliphatic carbocycles. The SMILES string of the molecule is CC(=O)OC(c1ccccc1)C(CC1CCCO1)S(=O)(=O)c1ccccc1. The van der Waals surface area contributed by atoms with Gasteiger partial charge >= 0.3 is 5.97 Å². The molecular weight excluding hydrogens is 364 g/mol. The summed E-state index contributed by atoms with van der Waals surface area (Å²) in [5, 5.41) is -0.922. The molecule has 144 valence electrons. The highest BCUT2D eigenvalue weighted by molar-refractivity contribution is 7.92. The van der Waals surface area contributed by atoms with Crippen molar-refractivity contribution in [2.24, 2.45) is 0 Å². The van der Waals surface area contributed by atoms with Gasteiger partial charge in [-0.2, -0.15) is 0 Å². The van der Waals surface area contributed by atoms with E-state index in [9.17, 15) is 13.2 Å². The Labute approximate surface area is 160 Å². The number of hydrogen-bond donors (Lipinski definition) is 0. The van der Waals surface area contributed by atoms with E-state index in [4.69, 9.17) is 9.47 Å². The van der Waals surface area contributed by atoms with Crippen LogP contribution >= 0.6 is 0 Å². The van der Waals surface area contributed by atoms with Gasteiger partial charge in [0.1, 0.15) is 11.4 Å². The molecule has 0 saturated carbocycles. The van der Waals surface area contributed by atoms with Gasteiger partial charge in [-0.1, -0.05) is 48.5 Å². The van der Waals surface area contributed by atoms with Crippen molar-refractivity contribution in [3.63, 3.8) is 0 Å². The molecule has 1 aliphatic heterocycles. The maximum atomic E-state index is 13.5. The van der Waals surface area contributed by atoms with E-state index in [0.717, 1.165) is 12.8 Å². The van der Waals surface area contributed by atoms with Gasteiger partial charge in [-0.25, -0.2) is 8.42 Å². The molecule has 3 unspecified atom stereocenters. The lowest BCUT2D eigenvalue weighted by Crippen LogP contribution is -2.34. The number of benzene rings is 2. The highest BCUT2D eigenvalue weighted by Gasteiger charge is 2.40. The summed E-state index contributed by atoms with van der Waals surface area (Å²) >= 11 is 0. The van der Waals surface area contributed by atoms with Crippen molar-refractivity contribution in [3.05, 3.63) is 66.2 Å². The van der Waals surface area contributed by atoms with Crippen LogP contribution < -0.4 is 0 Å². The molecular formula is C21H24O5S. The summed E-state index contributed by atoms with van der Waals surface area (Å²) in [5.41, 5.74) is 0.662. The van der Waals surface area contributed by atoms with E-state index in [1.807, 2.05) is 18.2 Å². The van der Waals surface area contributed by atoms with Crippen LogP contribution in [0.25, 0.3) is 0 Å². The van der Waals surface area contributed by atoms with Gasteiger partial charge in [0.25, 0.3) is 0 Å². The van der Waals surface area contributed by atoms with Crippen LogP contribution in [-0.2, 0) is 24.1 Å². The Bertz CT molecular complexity index is 843. The molecule has 0 aromatic heterocycles. The molecule has 0 amide bonds. The number of carbonyl (C=O) groups is 1. The van der Waals surface area contributed by atoms with Crippen LogP contribution in [0.4, 0.5) is 0 Å². The first-order valence-electron chi connectivity index (χ1n) is 9.11. The first-order chi connectivity index (χ1) is 13.0. The van der Waals surface area contributed by atoms with E-state index in [-0.39, 0.29) is 17.4 Å². The second kappa shape index (κ2) is 8.67. The maximum absolute atomic E-state index is 13.5. The Kier molecular flexibility index (Phi) is 6.29. The van der Waals surface area contributed by atoms with E-state index in [1.54, 1.807) is 42.5 Å². The van der Waals surface area contributed by atoms with Crippen molar-refractivity contribution >= 4 is 15.8 Å². The average Bonchev–Trinajstić information content (AvgIpc) is 3.19. The molecule has 0 radical (unpaired) electrons. The highest BCUT2D eigenvalue weighted by Crippen LogP contribution is 2.35. The quantitative estimate of drug-likeness (QED) is 0.677. The predicted molar refractivity (Wildman–Crippen MR) is 102 cm³/mol. The smallest absolute Gasteiger partial charge is 0.303 e. The third kappa shape index (κ3) is 4.76. The summed E-state index contributed by atoms with van der Waals surface area (Å²) in [6, 6.07) is 17.4. The van der Waals surface area contributed by atoms with Gasteiger partial charge in [0, 0.05) is 13.5 Å². The molecule has 1 aliphatic rings. The van der Waals surface area contributed by atoms with Gasteiger partial charge in [0.05, 0.1) is 11.0 Å². The lowest BCUT2D eigenvalue weighted by Gasteiger charge is -2.29. The van der Waals surface area contributed by atoms with E-state index in [1.165, 1.54) is 6.92 Å². The lowest BCUT2D eigenvalue weighted by atomic mass is 10.0. The fraction of sp³-hybridized carbons (Fsp3) is 0.381. The predicted octanol–water partition coefficient (Wildman–Crippen LogP) is 3.70. The minimum Gasteiger partial charge on any atom is -0.456 e. The molecule has 1 heterocycles. The average molecular weight is 388 g/mol. The van der Waals surface area contributed by atoms with Crippen LogP contribution in [0, 0.1) is 0 Å². The molecule has 2 aromatic carbocycles. The molecule has 1 saturated heterocycles. The highest BCUT2D eigenvalue weighted by atomic mass is 32.2. The molecule has 27 heavy (non-hydrogen) atoms. The van der Waals surface area contributed by atoms with Crippen LogP contribution in [-0.4, -0.2) is 32.3 Å². The zero-order valence-electron chi connectivity index (χ0n) is 15.3. The van der Waals surface area contributed by atoms with Crippen molar-refractivity contribution in [3.8, 4) is 0 Å². The van der Waals surface area contributed by atoms with Gasteiger partial charge in [-0.05, 0) is 37.0 Å². The Morgan fingerprint density at radius 3 is 2.30 bits per heavy atom. The van der Waals surface area contributed by atoms with Gasteiger partial charge in [0.2, 0.25) is 0 Å². The Hall–Kier alpha value is -2.18. The lowest BCUT2D eigenvalue weighted by molar-refractivity contribution is -0.147. The second-order valence-corrected chi connectivity index (χ2v) is 8.87. The Morgan fingerprint density at radius 1 is 1.11 bits per heavy atom. The minimum absolute atomic E-state index is 0.157. The third-order valence-electron chi connectivity index (χ3n) is 4.75. The summed E-state index contributed by atoms with van der Waals surface area (Å²) in [4.78, 5) is 12.0. The van der Waals surface area contributed by atoms with Crippen molar-refractivity contribution in [2.75, 3.05) is 6.61 Å². The topological polar surface area (TPSA) is 69.7 Å². The summed E-state index contributed by atoms with van der Waals surface area (Å²) in [5.74, 6) is -0.510. The van der Waals surface area contributed by atoms with Crippen LogP contribution in [0.2, 0.25) is 0 Å². The molecule has 0 spiro atoms. The molecule has 6 heteroatoms. The van der Waals surface area contributed by atoms with Crippen LogP contribution in [0.5, 0.6) is 0 Å². The van der Waals surface area contributed by atoms with Gasteiger partial charge < -0.3 is 9.47 Å². The van der Waals surface area contributed by atoms with Crippen LogP contribution in [0.15, 0.2) is 65.6 Å². The van der Waals surface area contributed by atoms with E-state index in [2.05, 4.69) is 0 Å². The summed E-state index contributed by atoms with van der Waals surface area (Å²) in [6.45, 7) is 1.93. The van der Waals surface area contributed by atoms with Gasteiger partial charge in [-0.3, -0.25) is 4.79 Å². The van der Waals surface area contributed by atoms with Crippen molar-refractivity contribution in [2.45, 2.75) is 48.5 Å². The molecule has 3 rings (SSSR count). The number of hydrogen-bond acceptors (Lipinski definition) is 5. The number of sulfone groups is 1. The van der Waals surface area contributed by atoms with E-state index < -0.39 is 27.2 Å². The summed E-state index contributed by atoms with van der Waals surface area (Å²) < 4.78 is 38.2. The van der Waals surface area contributed by atoms with Crippen molar-refractivity contribution < 1.29 is 22.7 Å². The molecule has 0 bridgehead atoms. The molecule has 0 N–H and O–H groups in total. The number of esters is 1.